The fraction of sp³-hybridized carbons (Fsp3) is 0.125. The third-order valence-corrected chi connectivity index (χ3v) is 11.3. The second-order valence-corrected chi connectivity index (χ2v) is 16.6. The Bertz CT molecular complexity index is 2610. The van der Waals surface area contributed by atoms with Crippen LogP contribution >= 0.6 is 34.8 Å². The lowest BCUT2D eigenvalue weighted by Gasteiger charge is -2.13. The highest BCUT2D eigenvalue weighted by atomic mass is 35.5. The summed E-state index contributed by atoms with van der Waals surface area (Å²) in [6.07, 6.45) is 5.93. The van der Waals surface area contributed by atoms with E-state index in [1.165, 1.54) is 63.0 Å². The largest absolute Gasteiger partial charge is 0.497 e. The zero-order valence-electron chi connectivity index (χ0n) is 30.1. The molecular weight excluding hydrogens is 835 g/mol. The van der Waals surface area contributed by atoms with E-state index in [1.54, 1.807) is 66.9 Å². The number of aryl methyl sites for hydroxylation is 2. The van der Waals surface area contributed by atoms with Crippen LogP contribution in [0.5, 0.6) is 28.7 Å². The first-order valence-electron chi connectivity index (χ1n) is 16.3. The molecule has 2 aromatic heterocycles. The highest BCUT2D eigenvalue weighted by molar-refractivity contribution is 7.93. The van der Waals surface area contributed by atoms with Gasteiger partial charge in [0, 0.05) is 35.9 Å². The lowest BCUT2D eigenvalue weighted by molar-refractivity contribution is 0.101. The molecule has 0 aliphatic heterocycles. The van der Waals surface area contributed by atoms with Gasteiger partial charge >= 0.3 is 0 Å². The number of sulfonamides is 2. The molecule has 4 aromatic carbocycles. The molecule has 6 rings (SSSR count). The maximum Gasteiger partial charge on any atom is 0.263 e. The third kappa shape index (κ3) is 12.1. The molecule has 2 heterocycles. The average molecular weight is 872 g/mol. The van der Waals surface area contributed by atoms with E-state index >= 15 is 0 Å². The second kappa shape index (κ2) is 19.2. The number of rotatable bonds is 12. The quantitative estimate of drug-likeness (QED) is 0.113. The minimum Gasteiger partial charge on any atom is -0.497 e. The highest BCUT2D eigenvalue weighted by Crippen LogP contribution is 2.32. The molecule has 298 valence electrons. The fourth-order valence-corrected chi connectivity index (χ4v) is 7.99. The first-order chi connectivity index (χ1) is 26.5. The van der Waals surface area contributed by atoms with Crippen LogP contribution in [0.4, 0.5) is 11.4 Å². The Morgan fingerprint density at radius 2 is 1.19 bits per heavy atom. The van der Waals surface area contributed by atoms with Gasteiger partial charge in [0.05, 0.1) is 45.0 Å². The van der Waals surface area contributed by atoms with E-state index in [0.717, 1.165) is 11.1 Å². The predicted octanol–water partition coefficient (Wildman–Crippen LogP) is 10.8. The Labute approximate surface area is 346 Å². The van der Waals surface area contributed by atoms with E-state index in [1.807, 2.05) is 13.8 Å². The predicted molar refractivity (Wildman–Crippen MR) is 224 cm³/mol. The van der Waals surface area contributed by atoms with E-state index in [9.17, 15) is 21.6 Å². The number of hydrogen-bond acceptors (Lipinski definition) is 10. The van der Waals surface area contributed by atoms with E-state index in [-0.39, 0.29) is 39.3 Å². The second-order valence-electron chi connectivity index (χ2n) is 11.9. The smallest absolute Gasteiger partial charge is 0.263 e. The third-order valence-electron chi connectivity index (χ3n) is 7.60. The topological polar surface area (TPSA) is 163 Å². The van der Waals surface area contributed by atoms with Gasteiger partial charge in [-0.1, -0.05) is 48.3 Å². The Balaban J connectivity index is 0.000000249. The van der Waals surface area contributed by atoms with Crippen molar-refractivity contribution in [2.24, 2.45) is 0 Å². The molecule has 0 fully saturated rings. The van der Waals surface area contributed by atoms with Crippen LogP contribution in [0, 0.1) is 13.8 Å². The van der Waals surface area contributed by atoms with Gasteiger partial charge < -0.3 is 14.2 Å². The van der Waals surface area contributed by atoms with Gasteiger partial charge in [0.15, 0.2) is 5.78 Å². The maximum absolute atomic E-state index is 12.7. The van der Waals surface area contributed by atoms with Crippen LogP contribution in [-0.4, -0.2) is 39.7 Å². The van der Waals surface area contributed by atoms with Gasteiger partial charge in [-0.3, -0.25) is 24.2 Å². The number of Topliss-reactive ketones (excluding diaryl/α,β-unsaturated/α-hetero) is 1. The highest BCUT2D eigenvalue weighted by Gasteiger charge is 2.20. The van der Waals surface area contributed by atoms with Crippen molar-refractivity contribution in [3.05, 3.63) is 148 Å². The molecule has 57 heavy (non-hydrogen) atoms. The molecule has 2 N–H and O–H groups in total. The summed E-state index contributed by atoms with van der Waals surface area (Å²) in [6.45, 7) is 4.98. The number of ketones is 1. The number of benzene rings is 4. The van der Waals surface area contributed by atoms with Gasteiger partial charge in [0.1, 0.15) is 33.6 Å². The number of ether oxygens (including phenoxy) is 3. The molecular formula is C40H37Cl3N4O8S2. The van der Waals surface area contributed by atoms with Gasteiger partial charge in [0.25, 0.3) is 20.0 Å². The van der Waals surface area contributed by atoms with Crippen molar-refractivity contribution >= 4 is 72.0 Å². The van der Waals surface area contributed by atoms with Crippen LogP contribution in [0.1, 0.15) is 35.8 Å². The fourth-order valence-electron chi connectivity index (χ4n) is 4.93. The van der Waals surface area contributed by atoms with Gasteiger partial charge in [0.2, 0.25) is 0 Å². The van der Waals surface area contributed by atoms with E-state index in [4.69, 9.17) is 49.0 Å². The SMILES string of the molecule is C.COc1ccc(NS(=O)(=O)c2ccc(Oc3cncc(Cl)c3)c(C(C)=O)c2)cc1.Cc1ccc(S(=O)(=O)Nc2ccc(Oc3cncc(Cl)c3)c(C)c2)c(Cl)c1. The number of carbonyl (C=O) groups excluding carboxylic acids is 1. The van der Waals surface area contributed by atoms with Crippen molar-refractivity contribution in [3.63, 3.8) is 0 Å². The van der Waals surface area contributed by atoms with Gasteiger partial charge in [-0.25, -0.2) is 16.8 Å². The molecule has 0 bridgehead atoms. The lowest BCUT2D eigenvalue weighted by atomic mass is 10.1. The molecule has 0 radical (unpaired) electrons. The standard InChI is InChI=1S/C20H17ClN2O5S.C19H16Cl2N2O3S.CH4/c1-13(24)19-10-18(7-8-20(19)28-17-9-14(21)11-22-12-17)29(25,26)23-15-3-5-16(27-2)6-4-15;1-12-3-6-19(17(21)7-12)27(24,25)23-15-4-5-18(13(2)8-15)26-16-9-14(20)10-22-11-16;/h3-12,23H,1-2H3;3-11,23H,1-2H3;1H4. The molecule has 0 spiro atoms. The monoisotopic (exact) mass is 870 g/mol. The summed E-state index contributed by atoms with van der Waals surface area (Å²) in [5, 5.41) is 1.01. The van der Waals surface area contributed by atoms with Crippen molar-refractivity contribution in [1.29, 1.82) is 0 Å². The number of methoxy groups -OCH3 is 1. The number of carbonyl (C=O) groups is 1. The van der Waals surface area contributed by atoms with Crippen molar-refractivity contribution in [3.8, 4) is 28.7 Å². The summed E-state index contributed by atoms with van der Waals surface area (Å²) in [7, 11) is -6.20. The Hall–Kier alpha value is -5.38. The first-order valence-corrected chi connectivity index (χ1v) is 20.4. The average Bonchev–Trinajstić information content (AvgIpc) is 3.13. The maximum atomic E-state index is 12.7. The number of anilines is 2. The van der Waals surface area contributed by atoms with Crippen molar-refractivity contribution < 1.29 is 35.8 Å². The van der Waals surface area contributed by atoms with Crippen LogP contribution in [0.2, 0.25) is 15.1 Å². The summed E-state index contributed by atoms with van der Waals surface area (Å²) in [6, 6.07) is 23.4. The summed E-state index contributed by atoms with van der Waals surface area (Å²) in [5.41, 5.74) is 2.50. The van der Waals surface area contributed by atoms with Crippen LogP contribution in [0.3, 0.4) is 0 Å². The van der Waals surface area contributed by atoms with Gasteiger partial charge in [-0.2, -0.15) is 0 Å². The zero-order valence-corrected chi connectivity index (χ0v) is 34.0. The van der Waals surface area contributed by atoms with Crippen molar-refractivity contribution in [2.75, 3.05) is 16.6 Å². The molecule has 6 aromatic rings. The molecule has 0 aliphatic carbocycles. The number of pyridine rings is 2. The minimum absolute atomic E-state index is 0. The summed E-state index contributed by atoms with van der Waals surface area (Å²) < 4.78 is 72.1. The van der Waals surface area contributed by atoms with Crippen molar-refractivity contribution in [1.82, 2.24) is 9.97 Å². The van der Waals surface area contributed by atoms with Crippen LogP contribution in [0.25, 0.3) is 0 Å². The number of nitrogens with one attached hydrogen (secondary N) is 2. The van der Waals surface area contributed by atoms with Gasteiger partial charge in [-0.05, 0) is 105 Å². The number of halogens is 3. The van der Waals surface area contributed by atoms with Gasteiger partial charge in [-0.15, -0.1) is 0 Å². The number of nitrogens with zero attached hydrogens (tertiary/aromatic N) is 2. The Morgan fingerprint density at radius 3 is 1.74 bits per heavy atom. The first kappa shape index (κ1) is 44.3. The molecule has 0 atom stereocenters. The molecule has 0 amide bonds. The normalized spacial score (nSPS) is 10.9. The Morgan fingerprint density at radius 1 is 0.632 bits per heavy atom. The molecule has 17 heteroatoms. The zero-order chi connectivity index (χ0) is 40.6. The van der Waals surface area contributed by atoms with E-state index in [0.29, 0.717) is 44.4 Å². The van der Waals surface area contributed by atoms with Crippen LogP contribution < -0.4 is 23.7 Å². The summed E-state index contributed by atoms with van der Waals surface area (Å²) >= 11 is 17.9. The van der Waals surface area contributed by atoms with Crippen LogP contribution in [-0.2, 0) is 20.0 Å². The summed E-state index contributed by atoms with van der Waals surface area (Å²) in [4.78, 5) is 19.9. The van der Waals surface area contributed by atoms with Crippen LogP contribution in [0.15, 0.2) is 126 Å². The molecule has 0 saturated carbocycles. The van der Waals surface area contributed by atoms with E-state index in [2.05, 4.69) is 19.4 Å². The molecule has 12 nitrogen and oxygen atoms in total. The van der Waals surface area contributed by atoms with E-state index < -0.39 is 20.0 Å². The molecule has 0 aliphatic rings. The molecule has 0 saturated heterocycles. The number of aromatic nitrogens is 2. The number of hydrogen-bond donors (Lipinski definition) is 2. The lowest BCUT2D eigenvalue weighted by Crippen LogP contribution is -2.14. The summed E-state index contributed by atoms with van der Waals surface area (Å²) in [5.74, 6) is 1.83. The minimum atomic E-state index is -3.92. The molecule has 0 unspecified atom stereocenters. The van der Waals surface area contributed by atoms with Crippen molar-refractivity contribution in [2.45, 2.75) is 38.0 Å². The Kier molecular flexibility index (Phi) is 14.9.